The van der Waals surface area contributed by atoms with Crippen LogP contribution in [0.1, 0.15) is 69.9 Å². The van der Waals surface area contributed by atoms with Crippen molar-refractivity contribution in [3.63, 3.8) is 0 Å². The van der Waals surface area contributed by atoms with E-state index >= 15 is 0 Å². The Morgan fingerprint density at radius 1 is 1.16 bits per heavy atom. The lowest BCUT2D eigenvalue weighted by molar-refractivity contribution is 0.0696. The molecule has 0 bridgehead atoms. The van der Waals surface area contributed by atoms with E-state index in [0.717, 1.165) is 30.4 Å². The summed E-state index contributed by atoms with van der Waals surface area (Å²) in [7, 11) is 0. The molecule has 8 heteroatoms. The van der Waals surface area contributed by atoms with Crippen molar-refractivity contribution < 1.29 is 23.5 Å². The fraction of sp³-hybridized carbons (Fsp3) is 0.300. The summed E-state index contributed by atoms with van der Waals surface area (Å²) in [6, 6.07) is 13.8. The molecule has 0 saturated heterocycles. The van der Waals surface area contributed by atoms with Gasteiger partial charge in [-0.3, -0.25) is 4.79 Å². The number of furan rings is 2. The molecule has 1 atom stereocenters. The van der Waals surface area contributed by atoms with E-state index in [1.165, 1.54) is 4.88 Å². The second kappa shape index (κ2) is 10.5. The average Bonchev–Trinajstić information content (AvgIpc) is 3.65. The quantitative estimate of drug-likeness (QED) is 0.247. The van der Waals surface area contributed by atoms with Crippen LogP contribution in [0.4, 0.5) is 5.00 Å². The van der Waals surface area contributed by atoms with E-state index in [9.17, 15) is 9.59 Å². The number of carbonyl (C=O) groups excluding carboxylic acids is 1. The molecule has 0 saturated carbocycles. The van der Waals surface area contributed by atoms with Crippen molar-refractivity contribution in [2.24, 2.45) is 16.3 Å². The minimum Gasteiger partial charge on any atom is -0.478 e. The molecule has 7 nitrogen and oxygen atoms in total. The lowest BCUT2D eigenvalue weighted by Crippen LogP contribution is -2.28. The van der Waals surface area contributed by atoms with Gasteiger partial charge < -0.3 is 19.3 Å². The summed E-state index contributed by atoms with van der Waals surface area (Å²) in [6.07, 6.45) is 6.06. The number of carboxylic acid groups (broad SMARTS) is 1. The molecular weight excluding hydrogens is 500 g/mol. The number of fused-ring (bicyclic) bond motifs is 1. The van der Waals surface area contributed by atoms with Crippen molar-refractivity contribution in [1.29, 1.82) is 0 Å². The van der Waals surface area contributed by atoms with E-state index in [1.54, 1.807) is 54.1 Å². The van der Waals surface area contributed by atoms with Gasteiger partial charge in [0.2, 0.25) is 0 Å². The van der Waals surface area contributed by atoms with Gasteiger partial charge in [0.05, 0.1) is 30.1 Å². The minimum atomic E-state index is -0.972. The molecule has 1 aliphatic carbocycles. The fourth-order valence-corrected chi connectivity index (χ4v) is 6.05. The van der Waals surface area contributed by atoms with Gasteiger partial charge in [0, 0.05) is 10.4 Å². The number of nitrogens with one attached hydrogen (secondary N) is 1. The summed E-state index contributed by atoms with van der Waals surface area (Å²) < 4.78 is 11.3. The molecule has 1 aromatic carbocycles. The predicted molar refractivity (Wildman–Crippen MR) is 148 cm³/mol. The molecule has 2 N–H and O–H groups in total. The van der Waals surface area contributed by atoms with Crippen molar-refractivity contribution in [1.82, 2.24) is 5.32 Å². The van der Waals surface area contributed by atoms with Gasteiger partial charge in [0.25, 0.3) is 5.91 Å². The van der Waals surface area contributed by atoms with Crippen molar-refractivity contribution in [2.45, 2.75) is 46.6 Å². The molecule has 1 amide bonds. The Balaban J connectivity index is 1.41. The number of carboxylic acids is 1. The zero-order valence-corrected chi connectivity index (χ0v) is 22.4. The molecule has 196 valence electrons. The highest BCUT2D eigenvalue weighted by Gasteiger charge is 2.33. The lowest BCUT2D eigenvalue weighted by atomic mass is 9.72. The first kappa shape index (κ1) is 25.7. The maximum Gasteiger partial charge on any atom is 0.335 e. The van der Waals surface area contributed by atoms with Gasteiger partial charge in [0.1, 0.15) is 22.3 Å². The van der Waals surface area contributed by atoms with Gasteiger partial charge in [-0.2, -0.15) is 0 Å². The van der Waals surface area contributed by atoms with Crippen molar-refractivity contribution in [3.8, 4) is 11.3 Å². The third-order valence-corrected chi connectivity index (χ3v) is 8.22. The average molecular weight is 531 g/mol. The molecule has 0 radical (unpaired) electrons. The maximum atomic E-state index is 13.4. The van der Waals surface area contributed by atoms with Gasteiger partial charge in [-0.1, -0.05) is 32.9 Å². The highest BCUT2D eigenvalue weighted by atomic mass is 32.1. The van der Waals surface area contributed by atoms with Crippen molar-refractivity contribution in [2.75, 3.05) is 0 Å². The molecule has 5 rings (SSSR count). The maximum absolute atomic E-state index is 13.4. The normalized spacial score (nSPS) is 15.5. The van der Waals surface area contributed by atoms with Gasteiger partial charge in [-0.05, 0) is 72.6 Å². The smallest absolute Gasteiger partial charge is 0.335 e. The minimum absolute atomic E-state index is 0.154. The summed E-state index contributed by atoms with van der Waals surface area (Å²) in [5.74, 6) is 1.27. The first-order chi connectivity index (χ1) is 18.2. The number of hydrogen-bond donors (Lipinski definition) is 2. The Morgan fingerprint density at radius 2 is 1.95 bits per heavy atom. The van der Waals surface area contributed by atoms with Crippen LogP contribution < -0.4 is 5.32 Å². The highest BCUT2D eigenvalue weighted by Crippen LogP contribution is 2.45. The van der Waals surface area contributed by atoms with Crippen molar-refractivity contribution >= 4 is 34.4 Å². The Kier molecular flexibility index (Phi) is 7.08. The van der Waals surface area contributed by atoms with Crippen LogP contribution in [0.15, 0.2) is 68.6 Å². The van der Waals surface area contributed by atoms with Crippen LogP contribution in [0.5, 0.6) is 0 Å². The van der Waals surface area contributed by atoms with E-state index in [4.69, 9.17) is 18.9 Å². The summed E-state index contributed by atoms with van der Waals surface area (Å²) in [5.41, 5.74) is 2.91. The summed E-state index contributed by atoms with van der Waals surface area (Å²) in [4.78, 5) is 30.4. The first-order valence-electron chi connectivity index (χ1n) is 12.6. The van der Waals surface area contributed by atoms with E-state index in [1.807, 2.05) is 18.2 Å². The second-order valence-corrected chi connectivity index (χ2v) is 11.7. The number of benzene rings is 1. The largest absolute Gasteiger partial charge is 0.478 e. The monoisotopic (exact) mass is 530 g/mol. The van der Waals surface area contributed by atoms with Gasteiger partial charge in [-0.15, -0.1) is 11.3 Å². The molecule has 0 aliphatic heterocycles. The van der Waals surface area contributed by atoms with Crippen LogP contribution in [-0.4, -0.2) is 23.2 Å². The topological polar surface area (TPSA) is 105 Å². The molecule has 3 aromatic heterocycles. The van der Waals surface area contributed by atoms with Crippen LogP contribution >= 0.6 is 11.3 Å². The van der Waals surface area contributed by atoms with Crippen LogP contribution in [0.2, 0.25) is 0 Å². The van der Waals surface area contributed by atoms with Crippen LogP contribution in [0.25, 0.3) is 11.3 Å². The molecule has 0 spiro atoms. The number of aromatic carboxylic acids is 1. The van der Waals surface area contributed by atoms with Crippen LogP contribution in [0.3, 0.4) is 0 Å². The number of rotatable bonds is 7. The third kappa shape index (κ3) is 5.50. The summed E-state index contributed by atoms with van der Waals surface area (Å²) in [5, 5.41) is 12.8. The van der Waals surface area contributed by atoms with Gasteiger partial charge in [-0.25, -0.2) is 9.79 Å². The number of thiophene rings is 1. The molecule has 0 fully saturated rings. The molecular formula is C30H30N2O5S. The van der Waals surface area contributed by atoms with Gasteiger partial charge >= 0.3 is 5.97 Å². The highest BCUT2D eigenvalue weighted by molar-refractivity contribution is 7.16. The van der Waals surface area contributed by atoms with Crippen LogP contribution in [0, 0.1) is 11.3 Å². The van der Waals surface area contributed by atoms with E-state index < -0.39 is 5.97 Å². The van der Waals surface area contributed by atoms with Crippen LogP contribution in [-0.2, 0) is 19.4 Å². The molecule has 1 aliphatic rings. The zero-order chi connectivity index (χ0) is 26.9. The van der Waals surface area contributed by atoms with Crippen molar-refractivity contribution in [3.05, 3.63) is 87.9 Å². The predicted octanol–water partition coefficient (Wildman–Crippen LogP) is 7.13. The standard InChI is InChI=1S/C30H30N2O5S/c1-30(2,3)20-10-12-23-25(15-20)38-28(26(23)27(33)31-16-21-5-4-14-36-21)32-17-22-11-13-24(37-22)18-6-8-19(9-7-18)29(34)35/h4-9,11,13-14,17,20H,10,12,15-16H2,1-3H3,(H,31,33)(H,34,35)/t20-/m0/s1. The molecule has 38 heavy (non-hydrogen) atoms. The number of hydrogen-bond acceptors (Lipinski definition) is 6. The molecule has 0 unspecified atom stereocenters. The zero-order valence-electron chi connectivity index (χ0n) is 21.6. The number of aliphatic imine (C=N–C) groups is 1. The van der Waals surface area contributed by atoms with E-state index in [0.29, 0.717) is 40.3 Å². The summed E-state index contributed by atoms with van der Waals surface area (Å²) in [6.45, 7) is 7.13. The van der Waals surface area contributed by atoms with E-state index in [2.05, 4.69) is 26.1 Å². The molecule has 3 heterocycles. The second-order valence-electron chi connectivity index (χ2n) is 10.6. The van der Waals surface area contributed by atoms with Gasteiger partial charge in [0.15, 0.2) is 0 Å². The SMILES string of the molecule is CC(C)(C)[C@H]1CCc2c(sc(N=Cc3ccc(-c4ccc(C(=O)O)cc4)o3)c2C(=O)NCc2ccco2)C1. The van der Waals surface area contributed by atoms with E-state index in [-0.39, 0.29) is 16.9 Å². The Hall–Kier alpha value is -3.91. The number of carbonyl (C=O) groups is 2. The number of nitrogens with zero attached hydrogens (tertiary/aromatic N) is 1. The Bertz CT molecular complexity index is 1470. The Morgan fingerprint density at radius 3 is 2.63 bits per heavy atom. The fourth-order valence-electron chi connectivity index (χ4n) is 4.78. The Labute approximate surface area is 225 Å². The third-order valence-electron chi connectivity index (χ3n) is 7.05. The lowest BCUT2D eigenvalue weighted by Gasteiger charge is -2.33. The first-order valence-corrected chi connectivity index (χ1v) is 13.4. The number of amides is 1. The molecule has 4 aromatic rings. The summed E-state index contributed by atoms with van der Waals surface area (Å²) >= 11 is 1.58.